The summed E-state index contributed by atoms with van der Waals surface area (Å²) in [6.07, 6.45) is 0. The molecule has 0 radical (unpaired) electrons. The maximum atomic E-state index is 13.8. The van der Waals surface area contributed by atoms with Crippen molar-refractivity contribution in [1.29, 1.82) is 0 Å². The van der Waals surface area contributed by atoms with Crippen molar-refractivity contribution in [2.45, 2.75) is 6.54 Å². The first-order valence-electron chi connectivity index (χ1n) is 10.7. The van der Waals surface area contributed by atoms with Crippen molar-refractivity contribution in [2.75, 3.05) is 25.6 Å². The summed E-state index contributed by atoms with van der Waals surface area (Å²) in [5, 5.41) is 6.79. The molecular formula is C26H23ClFN3O3. The minimum absolute atomic E-state index is 0.272. The molecule has 4 aromatic rings. The zero-order valence-electron chi connectivity index (χ0n) is 18.5. The summed E-state index contributed by atoms with van der Waals surface area (Å²) in [5.41, 5.74) is 2.85. The molecule has 0 aliphatic heterocycles. The Bertz CT molecular complexity index is 1350. The molecule has 0 saturated heterocycles. The zero-order chi connectivity index (χ0) is 24.1. The molecule has 4 rings (SSSR count). The summed E-state index contributed by atoms with van der Waals surface area (Å²) >= 11 is 6.14. The average molecular weight is 480 g/mol. The highest BCUT2D eigenvalue weighted by molar-refractivity contribution is 6.34. The first-order chi connectivity index (χ1) is 16.5. The predicted octanol–water partition coefficient (Wildman–Crippen LogP) is 5.11. The number of nitrogens with one attached hydrogen (secondary N) is 2. The van der Waals surface area contributed by atoms with E-state index in [0.717, 1.165) is 16.5 Å². The summed E-state index contributed by atoms with van der Waals surface area (Å²) in [6, 6.07) is 20.2. The summed E-state index contributed by atoms with van der Waals surface area (Å²) in [4.78, 5) is 25.6. The number of ether oxygens (including phenoxy) is 1. The lowest BCUT2D eigenvalue weighted by Gasteiger charge is -2.12. The van der Waals surface area contributed by atoms with Crippen molar-refractivity contribution < 1.29 is 18.7 Å². The molecule has 0 saturated carbocycles. The minimum Gasteiger partial charge on any atom is -0.383 e. The quantitative estimate of drug-likeness (QED) is 0.345. The number of aromatic nitrogens is 1. The lowest BCUT2D eigenvalue weighted by atomic mass is 10.2. The number of fused-ring (bicyclic) bond motifs is 1. The highest BCUT2D eigenvalue weighted by Crippen LogP contribution is 2.26. The molecule has 0 spiro atoms. The highest BCUT2D eigenvalue weighted by Gasteiger charge is 2.17. The third-order valence-electron chi connectivity index (χ3n) is 5.33. The second-order valence-electron chi connectivity index (χ2n) is 7.70. The zero-order valence-corrected chi connectivity index (χ0v) is 19.2. The molecule has 0 atom stereocenters. The number of anilines is 1. The number of nitrogens with zero attached hydrogens (tertiary/aromatic N) is 1. The largest absolute Gasteiger partial charge is 0.383 e. The van der Waals surface area contributed by atoms with Gasteiger partial charge in [-0.2, -0.15) is 0 Å². The Morgan fingerprint density at radius 2 is 1.82 bits per heavy atom. The van der Waals surface area contributed by atoms with Gasteiger partial charge in [-0.3, -0.25) is 9.59 Å². The van der Waals surface area contributed by atoms with Crippen LogP contribution in [0.25, 0.3) is 10.9 Å². The summed E-state index contributed by atoms with van der Waals surface area (Å²) in [7, 11) is 1.56. The third kappa shape index (κ3) is 5.27. The van der Waals surface area contributed by atoms with Crippen LogP contribution in [0.4, 0.5) is 10.1 Å². The topological polar surface area (TPSA) is 72.4 Å². The Labute approximate surface area is 201 Å². The van der Waals surface area contributed by atoms with Gasteiger partial charge in [-0.05, 0) is 54.1 Å². The fraction of sp³-hybridized carbons (Fsp3) is 0.154. The van der Waals surface area contributed by atoms with Crippen molar-refractivity contribution in [3.8, 4) is 0 Å². The molecule has 0 aliphatic rings. The maximum Gasteiger partial charge on any atom is 0.268 e. The summed E-state index contributed by atoms with van der Waals surface area (Å²) < 4.78 is 20.6. The van der Waals surface area contributed by atoms with E-state index in [9.17, 15) is 14.0 Å². The fourth-order valence-electron chi connectivity index (χ4n) is 3.73. The molecule has 0 aliphatic carbocycles. The van der Waals surface area contributed by atoms with E-state index in [1.54, 1.807) is 61.7 Å². The van der Waals surface area contributed by atoms with Crippen LogP contribution in [0.15, 0.2) is 72.8 Å². The van der Waals surface area contributed by atoms with Gasteiger partial charge >= 0.3 is 0 Å². The standard InChI is InChI=1S/C26H23ClFN3O3/c1-34-12-11-29-26(33)24-15-18-14-20(30-25(32)21-7-2-3-8-22(21)27)9-10-23(18)31(24)16-17-5-4-6-19(28)13-17/h2-10,13-15H,11-12,16H2,1H3,(H,29,33)(H,30,32). The number of carbonyl (C=O) groups is 2. The number of methoxy groups -OCH3 is 1. The van der Waals surface area contributed by atoms with Gasteiger partial charge in [-0.25, -0.2) is 4.39 Å². The van der Waals surface area contributed by atoms with E-state index in [-0.39, 0.29) is 17.6 Å². The first kappa shape index (κ1) is 23.5. The van der Waals surface area contributed by atoms with Gasteiger partial charge in [-0.15, -0.1) is 0 Å². The molecule has 0 bridgehead atoms. The molecule has 3 aromatic carbocycles. The van der Waals surface area contributed by atoms with Gasteiger partial charge in [0.25, 0.3) is 11.8 Å². The lowest BCUT2D eigenvalue weighted by molar-refractivity contribution is 0.0928. The van der Waals surface area contributed by atoms with E-state index in [0.29, 0.717) is 41.7 Å². The molecule has 174 valence electrons. The lowest BCUT2D eigenvalue weighted by Crippen LogP contribution is -2.29. The molecule has 6 nitrogen and oxygen atoms in total. The van der Waals surface area contributed by atoms with E-state index in [1.807, 2.05) is 10.6 Å². The number of amides is 2. The van der Waals surface area contributed by atoms with Crippen molar-refractivity contribution in [3.63, 3.8) is 0 Å². The molecule has 2 amide bonds. The summed E-state index contributed by atoms with van der Waals surface area (Å²) in [5.74, 6) is -0.947. The van der Waals surface area contributed by atoms with E-state index < -0.39 is 0 Å². The monoisotopic (exact) mass is 479 g/mol. The van der Waals surface area contributed by atoms with E-state index in [1.165, 1.54) is 12.1 Å². The third-order valence-corrected chi connectivity index (χ3v) is 5.66. The minimum atomic E-state index is -0.343. The number of hydrogen-bond acceptors (Lipinski definition) is 3. The van der Waals surface area contributed by atoms with Crippen molar-refractivity contribution in [3.05, 3.63) is 100 Å². The number of rotatable bonds is 8. The van der Waals surface area contributed by atoms with Gasteiger partial charge in [-0.1, -0.05) is 35.9 Å². The molecule has 8 heteroatoms. The first-order valence-corrected chi connectivity index (χ1v) is 11.0. The molecule has 1 aromatic heterocycles. The maximum absolute atomic E-state index is 13.8. The van der Waals surface area contributed by atoms with Gasteiger partial charge < -0.3 is 19.9 Å². The second kappa shape index (κ2) is 10.5. The Kier molecular flexibility index (Phi) is 7.25. The van der Waals surface area contributed by atoms with Crippen LogP contribution in [0.1, 0.15) is 26.4 Å². The molecule has 0 unspecified atom stereocenters. The summed E-state index contributed by atoms with van der Waals surface area (Å²) in [6.45, 7) is 1.05. The van der Waals surface area contributed by atoms with E-state index >= 15 is 0 Å². The molecule has 1 heterocycles. The van der Waals surface area contributed by atoms with Gasteiger partial charge in [0.1, 0.15) is 11.5 Å². The van der Waals surface area contributed by atoms with Crippen LogP contribution in [0, 0.1) is 5.82 Å². The normalized spacial score (nSPS) is 10.9. The second-order valence-corrected chi connectivity index (χ2v) is 8.11. The predicted molar refractivity (Wildman–Crippen MR) is 131 cm³/mol. The van der Waals surface area contributed by atoms with Crippen molar-refractivity contribution >= 4 is 40.0 Å². The fourth-order valence-corrected chi connectivity index (χ4v) is 3.95. The number of hydrogen-bond donors (Lipinski definition) is 2. The van der Waals surface area contributed by atoms with Crippen LogP contribution >= 0.6 is 11.6 Å². The van der Waals surface area contributed by atoms with Crippen LogP contribution in [-0.2, 0) is 11.3 Å². The molecule has 0 fully saturated rings. The Balaban J connectivity index is 1.68. The molecular weight excluding hydrogens is 457 g/mol. The van der Waals surface area contributed by atoms with Gasteiger partial charge in [0.05, 0.1) is 17.2 Å². The Hall–Kier alpha value is -3.68. The molecule has 34 heavy (non-hydrogen) atoms. The number of carbonyl (C=O) groups excluding carboxylic acids is 2. The molecule has 2 N–H and O–H groups in total. The van der Waals surface area contributed by atoms with Crippen LogP contribution in [-0.4, -0.2) is 36.6 Å². The van der Waals surface area contributed by atoms with Gasteiger partial charge in [0, 0.05) is 36.8 Å². The average Bonchev–Trinajstić information content (AvgIpc) is 3.17. The van der Waals surface area contributed by atoms with Crippen LogP contribution in [0.2, 0.25) is 5.02 Å². The highest BCUT2D eigenvalue weighted by atomic mass is 35.5. The smallest absolute Gasteiger partial charge is 0.268 e. The van der Waals surface area contributed by atoms with Gasteiger partial charge in [0.15, 0.2) is 0 Å². The van der Waals surface area contributed by atoms with Crippen molar-refractivity contribution in [1.82, 2.24) is 9.88 Å². The Morgan fingerprint density at radius 3 is 2.59 bits per heavy atom. The number of benzene rings is 3. The van der Waals surface area contributed by atoms with E-state index in [2.05, 4.69) is 10.6 Å². The van der Waals surface area contributed by atoms with Crippen LogP contribution in [0.5, 0.6) is 0 Å². The van der Waals surface area contributed by atoms with Gasteiger partial charge in [0.2, 0.25) is 0 Å². The van der Waals surface area contributed by atoms with Crippen molar-refractivity contribution in [2.24, 2.45) is 0 Å². The Morgan fingerprint density at radius 1 is 1.00 bits per heavy atom. The van der Waals surface area contributed by atoms with Crippen LogP contribution < -0.4 is 10.6 Å². The van der Waals surface area contributed by atoms with Crippen LogP contribution in [0.3, 0.4) is 0 Å². The SMILES string of the molecule is COCCNC(=O)c1cc2cc(NC(=O)c3ccccc3Cl)ccc2n1Cc1cccc(F)c1. The van der Waals surface area contributed by atoms with E-state index in [4.69, 9.17) is 16.3 Å². The number of halogens is 2.